The number of aryl methyl sites for hydroxylation is 2. The predicted molar refractivity (Wildman–Crippen MR) is 139 cm³/mol. The van der Waals surface area contributed by atoms with Gasteiger partial charge in [0.2, 0.25) is 0 Å². The van der Waals surface area contributed by atoms with Gasteiger partial charge in [0, 0.05) is 30.9 Å². The molecule has 3 aromatic rings. The lowest BCUT2D eigenvalue weighted by Gasteiger charge is -2.24. The van der Waals surface area contributed by atoms with Crippen LogP contribution in [0.5, 0.6) is 0 Å². The maximum Gasteiger partial charge on any atom is 0.415 e. The zero-order chi connectivity index (χ0) is 25.0. The number of hydrogen-bond donors (Lipinski definition) is 1. The zero-order valence-electron chi connectivity index (χ0n) is 20.5. The minimum absolute atomic E-state index is 0.182. The molecule has 7 nitrogen and oxygen atoms in total. The van der Waals surface area contributed by atoms with Crippen molar-refractivity contribution in [3.8, 4) is 0 Å². The molecule has 0 saturated carbocycles. The summed E-state index contributed by atoms with van der Waals surface area (Å²) in [6, 6.07) is 13.4. The summed E-state index contributed by atoms with van der Waals surface area (Å²) in [7, 11) is 1.63. The first-order valence-corrected chi connectivity index (χ1v) is 12.6. The number of pyridine rings is 2. The van der Waals surface area contributed by atoms with Crippen LogP contribution < -0.4 is 10.2 Å². The first-order chi connectivity index (χ1) is 16.7. The summed E-state index contributed by atoms with van der Waals surface area (Å²) in [5.74, 6) is 0.875. The molecule has 8 heteroatoms. The third-order valence-electron chi connectivity index (χ3n) is 5.57. The van der Waals surface area contributed by atoms with Crippen molar-refractivity contribution in [3.05, 3.63) is 77.1 Å². The number of aromatic nitrogens is 2. The fourth-order valence-electron chi connectivity index (χ4n) is 3.84. The van der Waals surface area contributed by atoms with E-state index in [0.717, 1.165) is 24.1 Å². The summed E-state index contributed by atoms with van der Waals surface area (Å²) in [4.78, 5) is 35.6. The van der Waals surface area contributed by atoms with E-state index in [1.54, 1.807) is 31.6 Å². The molecule has 1 aromatic carbocycles. The average molecular weight is 491 g/mol. The zero-order valence-corrected chi connectivity index (χ0v) is 21.3. The molecule has 35 heavy (non-hydrogen) atoms. The lowest BCUT2D eigenvalue weighted by molar-refractivity contribution is 0.0588. The second kappa shape index (κ2) is 10.5. The van der Waals surface area contributed by atoms with E-state index in [2.05, 4.69) is 27.4 Å². The van der Waals surface area contributed by atoms with Gasteiger partial charge in [-0.2, -0.15) is 0 Å². The molecule has 0 radical (unpaired) electrons. The smallest absolute Gasteiger partial charge is 0.415 e. The van der Waals surface area contributed by atoms with E-state index in [0.29, 0.717) is 22.2 Å². The number of benzene rings is 1. The molecule has 0 spiro atoms. The molecule has 4 rings (SSSR count). The minimum Gasteiger partial charge on any atom is -0.443 e. The summed E-state index contributed by atoms with van der Waals surface area (Å²) in [5, 5.41) is 3.66. The maximum atomic E-state index is 13.0. The van der Waals surface area contributed by atoms with Crippen LogP contribution in [0.25, 0.3) is 0 Å². The molecule has 182 valence electrons. The molecule has 0 atom stereocenters. The summed E-state index contributed by atoms with van der Waals surface area (Å²) in [5.41, 5.74) is 4.38. The average Bonchev–Trinajstić information content (AvgIpc) is 3.29. The largest absolute Gasteiger partial charge is 0.443 e. The van der Waals surface area contributed by atoms with Gasteiger partial charge >= 0.3 is 6.09 Å². The molecular weight excluding hydrogens is 460 g/mol. The molecule has 1 aliphatic rings. The van der Waals surface area contributed by atoms with Crippen LogP contribution in [0.4, 0.5) is 16.3 Å². The number of hydrogen-bond acceptors (Lipinski definition) is 6. The Balaban J connectivity index is 1.43. The number of nitrogens with one attached hydrogen (secondary N) is 1. The molecule has 0 saturated heterocycles. The third kappa shape index (κ3) is 6.39. The van der Waals surface area contributed by atoms with Crippen LogP contribution in [-0.2, 0) is 23.3 Å². The molecule has 1 aliphatic carbocycles. The third-order valence-corrected chi connectivity index (χ3v) is 6.65. The molecule has 2 amide bonds. The van der Waals surface area contributed by atoms with Crippen LogP contribution in [-0.4, -0.2) is 34.6 Å². The highest BCUT2D eigenvalue weighted by atomic mass is 32.2. The van der Waals surface area contributed by atoms with Gasteiger partial charge in [0.1, 0.15) is 16.4 Å². The Morgan fingerprint density at radius 1 is 1.06 bits per heavy atom. The molecule has 0 aliphatic heterocycles. The number of anilines is 2. The SMILES string of the molecule is CN(C(=O)OC(C)(C)C)c1cc(CSc2ncccc2C(=O)Nc2ccc3c(c2)CCC3)ccn1. The van der Waals surface area contributed by atoms with Crippen molar-refractivity contribution in [2.75, 3.05) is 17.3 Å². The fourth-order valence-corrected chi connectivity index (χ4v) is 4.77. The number of rotatable bonds is 6. The standard InChI is InChI=1S/C27H30N4O3S/c1-27(2,3)34-26(33)31(4)23-15-18(12-14-28-23)17-35-25-22(9-6-13-29-25)24(32)30-21-11-10-19-7-5-8-20(19)16-21/h6,9-16H,5,7-8,17H2,1-4H3,(H,30,32). The topological polar surface area (TPSA) is 84.4 Å². The summed E-state index contributed by atoms with van der Waals surface area (Å²) in [6.45, 7) is 5.47. The van der Waals surface area contributed by atoms with E-state index in [-0.39, 0.29) is 5.91 Å². The molecule has 1 N–H and O–H groups in total. The van der Waals surface area contributed by atoms with Gasteiger partial charge in [0.15, 0.2) is 0 Å². The van der Waals surface area contributed by atoms with Crippen molar-refractivity contribution in [1.82, 2.24) is 9.97 Å². The van der Waals surface area contributed by atoms with Crippen LogP contribution in [0.3, 0.4) is 0 Å². The van der Waals surface area contributed by atoms with Gasteiger partial charge in [-0.1, -0.05) is 6.07 Å². The first kappa shape index (κ1) is 24.7. The number of nitrogens with zero attached hydrogens (tertiary/aromatic N) is 3. The first-order valence-electron chi connectivity index (χ1n) is 11.6. The van der Waals surface area contributed by atoms with Gasteiger partial charge in [-0.3, -0.25) is 9.69 Å². The Labute approximate surface area is 210 Å². The summed E-state index contributed by atoms with van der Waals surface area (Å²) in [6.07, 6.45) is 6.21. The van der Waals surface area contributed by atoms with E-state index in [4.69, 9.17) is 4.74 Å². The predicted octanol–water partition coefficient (Wildman–Crippen LogP) is 5.88. The van der Waals surface area contributed by atoms with Gasteiger partial charge in [-0.15, -0.1) is 11.8 Å². The maximum absolute atomic E-state index is 13.0. The fraction of sp³-hybridized carbons (Fsp3) is 0.333. The molecular formula is C27H30N4O3S. The van der Waals surface area contributed by atoms with Crippen molar-refractivity contribution < 1.29 is 14.3 Å². The summed E-state index contributed by atoms with van der Waals surface area (Å²) >= 11 is 1.46. The number of ether oxygens (including phenoxy) is 1. The number of amides is 2. The van der Waals surface area contributed by atoms with Gasteiger partial charge in [0.25, 0.3) is 5.91 Å². The number of carbonyl (C=O) groups is 2. The minimum atomic E-state index is -0.589. The number of fused-ring (bicyclic) bond motifs is 1. The second-order valence-corrected chi connectivity index (χ2v) is 10.5. The van der Waals surface area contributed by atoms with Gasteiger partial charge < -0.3 is 10.1 Å². The second-order valence-electron chi connectivity index (χ2n) is 9.50. The van der Waals surface area contributed by atoms with E-state index in [1.165, 1.54) is 34.2 Å². The van der Waals surface area contributed by atoms with Crippen LogP contribution >= 0.6 is 11.8 Å². The van der Waals surface area contributed by atoms with Gasteiger partial charge in [-0.25, -0.2) is 14.8 Å². The van der Waals surface area contributed by atoms with Crippen molar-refractivity contribution in [1.29, 1.82) is 0 Å². The molecule has 0 unspecified atom stereocenters. The lowest BCUT2D eigenvalue weighted by atomic mass is 10.1. The Morgan fingerprint density at radius 3 is 2.66 bits per heavy atom. The molecule has 0 bridgehead atoms. The highest BCUT2D eigenvalue weighted by molar-refractivity contribution is 7.98. The Hall–Kier alpha value is -3.39. The molecule has 2 heterocycles. The van der Waals surface area contributed by atoms with Crippen LogP contribution in [0.2, 0.25) is 0 Å². The number of thioether (sulfide) groups is 1. The number of carbonyl (C=O) groups excluding carboxylic acids is 2. The monoisotopic (exact) mass is 490 g/mol. The van der Waals surface area contributed by atoms with Gasteiger partial charge in [0.05, 0.1) is 5.56 Å². The van der Waals surface area contributed by atoms with E-state index < -0.39 is 11.7 Å². The lowest BCUT2D eigenvalue weighted by Crippen LogP contribution is -2.34. The Kier molecular flexibility index (Phi) is 7.40. The van der Waals surface area contributed by atoms with E-state index in [1.807, 2.05) is 39.0 Å². The quantitative estimate of drug-likeness (QED) is 0.434. The van der Waals surface area contributed by atoms with Crippen molar-refractivity contribution in [2.24, 2.45) is 0 Å². The van der Waals surface area contributed by atoms with E-state index >= 15 is 0 Å². The normalized spacial score (nSPS) is 12.7. The highest BCUT2D eigenvalue weighted by Crippen LogP contribution is 2.28. The van der Waals surface area contributed by atoms with Crippen LogP contribution in [0.15, 0.2) is 59.9 Å². The van der Waals surface area contributed by atoms with E-state index in [9.17, 15) is 9.59 Å². The highest BCUT2D eigenvalue weighted by Gasteiger charge is 2.21. The van der Waals surface area contributed by atoms with Crippen LogP contribution in [0, 0.1) is 0 Å². The van der Waals surface area contributed by atoms with Gasteiger partial charge in [-0.05, 0) is 93.1 Å². The molecule has 2 aromatic heterocycles. The Morgan fingerprint density at radius 2 is 1.86 bits per heavy atom. The summed E-state index contributed by atoms with van der Waals surface area (Å²) < 4.78 is 5.43. The Bertz CT molecular complexity index is 1240. The van der Waals surface area contributed by atoms with Crippen molar-refractivity contribution >= 4 is 35.3 Å². The van der Waals surface area contributed by atoms with Crippen molar-refractivity contribution in [3.63, 3.8) is 0 Å². The van der Waals surface area contributed by atoms with Crippen molar-refractivity contribution in [2.45, 2.75) is 56.4 Å². The van der Waals surface area contributed by atoms with Crippen LogP contribution in [0.1, 0.15) is 54.2 Å². The molecule has 0 fully saturated rings.